The van der Waals surface area contributed by atoms with E-state index in [1.807, 2.05) is 25.8 Å². The van der Waals surface area contributed by atoms with Gasteiger partial charge in [-0.2, -0.15) is 9.97 Å². The van der Waals surface area contributed by atoms with Crippen molar-refractivity contribution in [3.63, 3.8) is 0 Å². The minimum absolute atomic E-state index is 0.0471. The third-order valence-electron chi connectivity index (χ3n) is 5.94. The van der Waals surface area contributed by atoms with Crippen LogP contribution in [0.25, 0.3) is 22.3 Å². The molecule has 0 bridgehead atoms. The number of methoxy groups -OCH3 is 1. The summed E-state index contributed by atoms with van der Waals surface area (Å²) in [6, 6.07) is 1.78. The number of hydrogen-bond acceptors (Lipinski definition) is 8. The van der Waals surface area contributed by atoms with Crippen LogP contribution in [0, 0.1) is 25.6 Å². The molecule has 1 fully saturated rings. The molecule has 1 aliphatic rings. The van der Waals surface area contributed by atoms with Gasteiger partial charge in [0.1, 0.15) is 22.8 Å². The summed E-state index contributed by atoms with van der Waals surface area (Å²) in [5.74, 6) is 0.350. The lowest BCUT2D eigenvalue weighted by Crippen LogP contribution is -2.53. The van der Waals surface area contributed by atoms with Gasteiger partial charge in [0.25, 0.3) is 0 Å². The third-order valence-corrected chi connectivity index (χ3v) is 5.94. The Morgan fingerprint density at radius 1 is 1.33 bits per heavy atom. The molecule has 1 aliphatic heterocycles. The van der Waals surface area contributed by atoms with Crippen molar-refractivity contribution < 1.29 is 13.9 Å². The predicted molar refractivity (Wildman–Crippen MR) is 124 cm³/mol. The van der Waals surface area contributed by atoms with E-state index in [9.17, 15) is 4.79 Å². The summed E-state index contributed by atoms with van der Waals surface area (Å²) in [6.07, 6.45) is 2.86. The minimum Gasteiger partial charge on any atom is -0.467 e. The molecule has 1 saturated heterocycles. The molecule has 0 spiro atoms. The van der Waals surface area contributed by atoms with Crippen molar-refractivity contribution in [1.82, 2.24) is 24.8 Å². The second-order valence-corrected chi connectivity index (χ2v) is 8.25. The Hall–Kier alpha value is -3.82. The number of nitrogen functional groups attached to an aromatic ring is 1. The summed E-state index contributed by atoms with van der Waals surface area (Å²) in [5, 5.41) is 0.455. The molecule has 172 valence electrons. The summed E-state index contributed by atoms with van der Waals surface area (Å²) >= 11 is 0. The van der Waals surface area contributed by atoms with Gasteiger partial charge in [0.2, 0.25) is 5.91 Å². The van der Waals surface area contributed by atoms with E-state index >= 15 is 4.39 Å². The lowest BCUT2D eigenvalue weighted by Gasteiger charge is -2.40. The predicted octanol–water partition coefficient (Wildman–Crippen LogP) is 2.51. The van der Waals surface area contributed by atoms with Gasteiger partial charge in [0.15, 0.2) is 5.82 Å². The number of nitrogens with zero attached hydrogens (tertiary/aromatic N) is 6. The first-order valence-corrected chi connectivity index (χ1v) is 10.5. The van der Waals surface area contributed by atoms with Crippen LogP contribution in [0.4, 0.5) is 16.0 Å². The third kappa shape index (κ3) is 4.04. The summed E-state index contributed by atoms with van der Waals surface area (Å²) in [6.45, 7) is 9.13. The molecule has 0 atom stereocenters. The van der Waals surface area contributed by atoms with E-state index in [-0.39, 0.29) is 29.0 Å². The number of ether oxygens (including phenoxy) is 1. The summed E-state index contributed by atoms with van der Waals surface area (Å²) in [7, 11) is 3.29. The Morgan fingerprint density at radius 2 is 2.06 bits per heavy atom. The first-order valence-electron chi connectivity index (χ1n) is 10.5. The van der Waals surface area contributed by atoms with Crippen molar-refractivity contribution in [3.05, 3.63) is 41.9 Å². The molecule has 2 N–H and O–H groups in total. The van der Waals surface area contributed by atoms with Gasteiger partial charge in [-0.05, 0) is 37.1 Å². The molecule has 9 nitrogen and oxygen atoms in total. The summed E-state index contributed by atoms with van der Waals surface area (Å²) in [5.41, 5.74) is 8.12. The maximum Gasteiger partial charge on any atom is 0.318 e. The number of hydrogen-bond donors (Lipinski definition) is 1. The van der Waals surface area contributed by atoms with Crippen LogP contribution in [-0.2, 0) is 4.79 Å². The molecule has 0 radical (unpaired) electrons. The van der Waals surface area contributed by atoms with Crippen molar-refractivity contribution >= 4 is 28.4 Å². The number of halogens is 1. The smallest absolute Gasteiger partial charge is 0.318 e. The van der Waals surface area contributed by atoms with E-state index in [0.717, 1.165) is 11.1 Å². The Labute approximate surface area is 191 Å². The second-order valence-electron chi connectivity index (χ2n) is 8.25. The first kappa shape index (κ1) is 22.4. The number of fused-ring (bicyclic) bond motifs is 1. The molecule has 0 unspecified atom stereocenters. The van der Waals surface area contributed by atoms with Crippen molar-refractivity contribution in [2.45, 2.75) is 13.8 Å². The van der Waals surface area contributed by atoms with Gasteiger partial charge in [-0.1, -0.05) is 6.58 Å². The van der Waals surface area contributed by atoms with Crippen LogP contribution in [0.15, 0.2) is 24.9 Å². The average Bonchev–Trinajstić information content (AvgIpc) is 2.77. The number of carbonyl (C=O) groups is 1. The van der Waals surface area contributed by atoms with Gasteiger partial charge in [-0.25, -0.2) is 9.37 Å². The largest absolute Gasteiger partial charge is 0.467 e. The lowest BCUT2D eigenvalue weighted by molar-refractivity contribution is -0.131. The van der Waals surface area contributed by atoms with Crippen LogP contribution in [0.2, 0.25) is 0 Å². The first-order chi connectivity index (χ1) is 15.7. The number of nitrogens with two attached hydrogens (primary N) is 1. The molecule has 0 aliphatic carbocycles. The summed E-state index contributed by atoms with van der Waals surface area (Å²) in [4.78, 5) is 32.7. The zero-order valence-electron chi connectivity index (χ0n) is 19.1. The molecule has 33 heavy (non-hydrogen) atoms. The van der Waals surface area contributed by atoms with Gasteiger partial charge in [-0.15, -0.1) is 0 Å². The maximum atomic E-state index is 15.7. The van der Waals surface area contributed by atoms with E-state index in [1.54, 1.807) is 17.2 Å². The standard InChI is InChI=1S/C23H26FN7O2/c1-6-17(32)31-10-14(11-31)9-30(4)22-15-8-26-21(18(24)20(15)28-23(29-22)33-5)19-13(3)12(2)7-16(25)27-19/h6-8,14H,1,9-11H2,2-5H3,(H2,25,27). The van der Waals surface area contributed by atoms with Crippen LogP contribution < -0.4 is 15.4 Å². The SMILES string of the molecule is C=CC(=O)N1CC(CN(C)c2nc(OC)nc3c(F)c(-c4nc(N)cc(C)c4C)ncc23)C1. The number of aromatic nitrogens is 4. The highest BCUT2D eigenvalue weighted by Gasteiger charge is 2.31. The van der Waals surface area contributed by atoms with Gasteiger partial charge < -0.3 is 20.3 Å². The molecule has 10 heteroatoms. The molecular weight excluding hydrogens is 425 g/mol. The zero-order valence-corrected chi connectivity index (χ0v) is 19.1. The molecular formula is C23H26FN7O2. The number of likely N-dealkylation sites (tertiary alicyclic amines) is 1. The van der Waals surface area contributed by atoms with Gasteiger partial charge >= 0.3 is 6.01 Å². The Bertz CT molecular complexity index is 1260. The Balaban J connectivity index is 1.73. The van der Waals surface area contributed by atoms with Crippen LogP contribution in [0.1, 0.15) is 11.1 Å². The van der Waals surface area contributed by atoms with E-state index in [2.05, 4.69) is 26.5 Å². The fourth-order valence-electron chi connectivity index (χ4n) is 4.03. The highest BCUT2D eigenvalue weighted by Crippen LogP contribution is 2.33. The molecule has 3 aromatic rings. The Kier molecular flexibility index (Phi) is 5.84. The molecule has 1 amide bonds. The Morgan fingerprint density at radius 3 is 2.73 bits per heavy atom. The number of aryl methyl sites for hydroxylation is 1. The lowest BCUT2D eigenvalue weighted by atomic mass is 9.99. The monoisotopic (exact) mass is 451 g/mol. The van der Waals surface area contributed by atoms with Crippen molar-refractivity contribution in [2.75, 3.05) is 44.4 Å². The highest BCUT2D eigenvalue weighted by atomic mass is 19.1. The quantitative estimate of drug-likeness (QED) is 0.569. The molecule has 4 rings (SSSR count). The normalized spacial score (nSPS) is 13.7. The maximum absolute atomic E-state index is 15.7. The fraction of sp³-hybridized carbons (Fsp3) is 0.348. The van der Waals surface area contributed by atoms with E-state index in [4.69, 9.17) is 10.5 Å². The van der Waals surface area contributed by atoms with E-state index < -0.39 is 5.82 Å². The van der Waals surface area contributed by atoms with Gasteiger partial charge in [0, 0.05) is 38.8 Å². The number of rotatable bonds is 6. The van der Waals surface area contributed by atoms with Gasteiger partial charge in [0.05, 0.1) is 18.2 Å². The minimum atomic E-state index is -0.616. The van der Waals surface area contributed by atoms with Crippen LogP contribution in [-0.4, -0.2) is 64.5 Å². The number of carbonyl (C=O) groups excluding carboxylic acids is 1. The van der Waals surface area contributed by atoms with Crippen molar-refractivity contribution in [3.8, 4) is 17.4 Å². The van der Waals surface area contributed by atoms with E-state index in [1.165, 1.54) is 13.2 Å². The van der Waals surface area contributed by atoms with Gasteiger partial charge in [-0.3, -0.25) is 9.78 Å². The highest BCUT2D eigenvalue weighted by molar-refractivity contribution is 5.92. The number of amides is 1. The number of pyridine rings is 2. The molecule has 0 aromatic carbocycles. The molecule has 0 saturated carbocycles. The number of anilines is 2. The van der Waals surface area contributed by atoms with Crippen LogP contribution >= 0.6 is 0 Å². The van der Waals surface area contributed by atoms with Crippen LogP contribution in [0.3, 0.4) is 0 Å². The zero-order chi connectivity index (χ0) is 23.9. The van der Waals surface area contributed by atoms with Crippen molar-refractivity contribution in [1.29, 1.82) is 0 Å². The topological polar surface area (TPSA) is 110 Å². The van der Waals surface area contributed by atoms with Crippen molar-refractivity contribution in [2.24, 2.45) is 5.92 Å². The van der Waals surface area contributed by atoms with E-state index in [0.29, 0.717) is 42.4 Å². The van der Waals surface area contributed by atoms with Crippen LogP contribution in [0.5, 0.6) is 6.01 Å². The summed E-state index contributed by atoms with van der Waals surface area (Å²) < 4.78 is 21.0. The average molecular weight is 452 g/mol. The molecule has 3 aromatic heterocycles. The molecule has 4 heterocycles. The fourth-order valence-corrected chi connectivity index (χ4v) is 4.03. The second kappa shape index (κ2) is 8.61.